The van der Waals surface area contributed by atoms with Gasteiger partial charge in [0.05, 0.1) is 16.8 Å². The molecule has 0 spiro atoms. The Balaban J connectivity index is 2.41. The molecule has 0 saturated carbocycles. The third-order valence-electron chi connectivity index (χ3n) is 2.14. The topological polar surface area (TPSA) is 33.1 Å². The van der Waals surface area contributed by atoms with Gasteiger partial charge in [0.15, 0.2) is 0 Å². The second kappa shape index (κ2) is 5.27. The van der Waals surface area contributed by atoms with Gasteiger partial charge in [0, 0.05) is 11.8 Å². The van der Waals surface area contributed by atoms with Crippen molar-refractivity contribution in [2.45, 2.75) is 39.2 Å². The van der Waals surface area contributed by atoms with E-state index in [0.717, 1.165) is 22.7 Å². The lowest BCUT2D eigenvalue weighted by atomic mass is 10.0. The largest absolute Gasteiger partial charge is 0.392 e. The van der Waals surface area contributed by atoms with E-state index in [0.29, 0.717) is 12.8 Å². The Morgan fingerprint density at radius 1 is 1.71 bits per heavy atom. The van der Waals surface area contributed by atoms with Crippen molar-refractivity contribution in [2.24, 2.45) is 0 Å². The zero-order chi connectivity index (χ0) is 10.6. The van der Waals surface area contributed by atoms with Crippen molar-refractivity contribution < 1.29 is 5.11 Å². The molecular formula is C11H17NOS. The van der Waals surface area contributed by atoms with Crippen LogP contribution < -0.4 is 0 Å². The van der Waals surface area contributed by atoms with E-state index in [1.807, 2.05) is 12.3 Å². The molecule has 1 rings (SSSR count). The van der Waals surface area contributed by atoms with Gasteiger partial charge in [-0.25, -0.2) is 4.98 Å². The lowest BCUT2D eigenvalue weighted by molar-refractivity contribution is 0.173. The van der Waals surface area contributed by atoms with Crippen LogP contribution >= 0.6 is 11.3 Å². The molecule has 1 unspecified atom stereocenters. The van der Waals surface area contributed by atoms with Crippen LogP contribution in [0, 0.1) is 6.92 Å². The molecule has 1 atom stereocenters. The van der Waals surface area contributed by atoms with Crippen LogP contribution in [-0.4, -0.2) is 16.2 Å². The molecule has 0 saturated heterocycles. The predicted molar refractivity (Wildman–Crippen MR) is 60.6 cm³/mol. The molecule has 1 N–H and O–H groups in total. The van der Waals surface area contributed by atoms with Crippen LogP contribution in [0.15, 0.2) is 17.5 Å². The van der Waals surface area contributed by atoms with E-state index in [4.69, 9.17) is 0 Å². The summed E-state index contributed by atoms with van der Waals surface area (Å²) in [6, 6.07) is 0. The SMILES string of the molecule is C=C(CC)CC(O)Cc1csc(C)n1. The maximum atomic E-state index is 9.72. The number of aliphatic hydroxyl groups is 1. The summed E-state index contributed by atoms with van der Waals surface area (Å²) in [6.45, 7) is 7.92. The highest BCUT2D eigenvalue weighted by molar-refractivity contribution is 7.09. The van der Waals surface area contributed by atoms with Gasteiger partial charge >= 0.3 is 0 Å². The normalized spacial score (nSPS) is 12.8. The highest BCUT2D eigenvalue weighted by Crippen LogP contribution is 2.14. The molecule has 0 aliphatic heterocycles. The van der Waals surface area contributed by atoms with Crippen molar-refractivity contribution in [3.63, 3.8) is 0 Å². The zero-order valence-electron chi connectivity index (χ0n) is 8.79. The summed E-state index contributed by atoms with van der Waals surface area (Å²) in [5.74, 6) is 0. The molecule has 1 heterocycles. The Bertz CT molecular complexity index is 306. The van der Waals surface area contributed by atoms with E-state index in [-0.39, 0.29) is 6.10 Å². The van der Waals surface area contributed by atoms with Crippen LogP contribution in [0.5, 0.6) is 0 Å². The van der Waals surface area contributed by atoms with E-state index in [9.17, 15) is 5.11 Å². The maximum Gasteiger partial charge on any atom is 0.0897 e. The molecule has 14 heavy (non-hydrogen) atoms. The predicted octanol–water partition coefficient (Wildman–Crippen LogP) is 2.71. The van der Waals surface area contributed by atoms with Crippen LogP contribution in [0.3, 0.4) is 0 Å². The summed E-state index contributed by atoms with van der Waals surface area (Å²) < 4.78 is 0. The van der Waals surface area contributed by atoms with Gasteiger partial charge < -0.3 is 5.11 Å². The molecule has 0 aromatic carbocycles. The molecule has 0 radical (unpaired) electrons. The molecule has 0 aliphatic rings. The summed E-state index contributed by atoms with van der Waals surface area (Å²) in [7, 11) is 0. The summed E-state index contributed by atoms with van der Waals surface area (Å²) >= 11 is 1.63. The van der Waals surface area contributed by atoms with E-state index in [2.05, 4.69) is 18.5 Å². The van der Waals surface area contributed by atoms with Crippen molar-refractivity contribution in [3.05, 3.63) is 28.2 Å². The van der Waals surface area contributed by atoms with Crippen LogP contribution in [-0.2, 0) is 6.42 Å². The van der Waals surface area contributed by atoms with E-state index in [1.54, 1.807) is 11.3 Å². The minimum Gasteiger partial charge on any atom is -0.392 e. The number of hydrogen-bond acceptors (Lipinski definition) is 3. The van der Waals surface area contributed by atoms with Crippen molar-refractivity contribution in [1.29, 1.82) is 0 Å². The van der Waals surface area contributed by atoms with Crippen molar-refractivity contribution >= 4 is 11.3 Å². The molecule has 1 aromatic rings. The van der Waals surface area contributed by atoms with Gasteiger partial charge in [0.1, 0.15) is 0 Å². The van der Waals surface area contributed by atoms with Crippen LogP contribution in [0.4, 0.5) is 0 Å². The van der Waals surface area contributed by atoms with E-state index >= 15 is 0 Å². The Kier molecular flexibility index (Phi) is 4.29. The first kappa shape index (κ1) is 11.4. The van der Waals surface area contributed by atoms with Gasteiger partial charge in [-0.3, -0.25) is 0 Å². The smallest absolute Gasteiger partial charge is 0.0897 e. The third-order valence-corrected chi connectivity index (χ3v) is 2.96. The van der Waals surface area contributed by atoms with E-state index in [1.165, 1.54) is 0 Å². The highest BCUT2D eigenvalue weighted by atomic mass is 32.1. The number of nitrogens with zero attached hydrogens (tertiary/aromatic N) is 1. The van der Waals surface area contributed by atoms with Gasteiger partial charge in [-0.15, -0.1) is 11.3 Å². The standard InChI is InChI=1S/C11H17NOS/c1-4-8(2)5-11(13)6-10-7-14-9(3)12-10/h7,11,13H,2,4-6H2,1,3H3. The molecule has 0 aliphatic carbocycles. The number of thiazole rings is 1. The lowest BCUT2D eigenvalue weighted by Crippen LogP contribution is -2.11. The Labute approximate surface area is 89.3 Å². The Hall–Kier alpha value is -0.670. The zero-order valence-corrected chi connectivity index (χ0v) is 9.60. The molecule has 3 heteroatoms. The summed E-state index contributed by atoms with van der Waals surface area (Å²) in [6.07, 6.45) is 1.94. The average Bonchev–Trinajstić information content (AvgIpc) is 2.50. The summed E-state index contributed by atoms with van der Waals surface area (Å²) in [5, 5.41) is 12.8. The number of aliphatic hydroxyl groups excluding tert-OH is 1. The first-order valence-corrected chi connectivity index (χ1v) is 5.75. The van der Waals surface area contributed by atoms with Gasteiger partial charge in [0.2, 0.25) is 0 Å². The molecular weight excluding hydrogens is 194 g/mol. The fourth-order valence-electron chi connectivity index (χ4n) is 1.29. The van der Waals surface area contributed by atoms with Crippen molar-refractivity contribution in [1.82, 2.24) is 4.98 Å². The number of aromatic nitrogens is 1. The van der Waals surface area contributed by atoms with Gasteiger partial charge in [-0.1, -0.05) is 19.1 Å². The van der Waals surface area contributed by atoms with Crippen molar-refractivity contribution in [3.8, 4) is 0 Å². The van der Waals surface area contributed by atoms with Crippen molar-refractivity contribution in [2.75, 3.05) is 0 Å². The minimum atomic E-state index is -0.330. The van der Waals surface area contributed by atoms with Gasteiger partial charge in [-0.05, 0) is 19.8 Å². The second-order valence-electron chi connectivity index (χ2n) is 3.52. The molecule has 1 aromatic heterocycles. The monoisotopic (exact) mass is 211 g/mol. The maximum absolute atomic E-state index is 9.72. The quantitative estimate of drug-likeness (QED) is 0.760. The molecule has 2 nitrogen and oxygen atoms in total. The van der Waals surface area contributed by atoms with Crippen LogP contribution in [0.25, 0.3) is 0 Å². The van der Waals surface area contributed by atoms with Crippen LogP contribution in [0.1, 0.15) is 30.5 Å². The lowest BCUT2D eigenvalue weighted by Gasteiger charge is -2.09. The van der Waals surface area contributed by atoms with Gasteiger partial charge in [-0.2, -0.15) is 0 Å². The highest BCUT2D eigenvalue weighted by Gasteiger charge is 2.08. The summed E-state index contributed by atoms with van der Waals surface area (Å²) in [5.41, 5.74) is 2.09. The number of hydrogen-bond donors (Lipinski definition) is 1. The second-order valence-corrected chi connectivity index (χ2v) is 4.59. The Morgan fingerprint density at radius 2 is 2.43 bits per heavy atom. The average molecular weight is 211 g/mol. The fourth-order valence-corrected chi connectivity index (χ4v) is 1.92. The number of aryl methyl sites for hydroxylation is 1. The summed E-state index contributed by atoms with van der Waals surface area (Å²) in [4.78, 5) is 4.31. The molecule has 0 fully saturated rings. The third kappa shape index (κ3) is 3.60. The van der Waals surface area contributed by atoms with Gasteiger partial charge in [0.25, 0.3) is 0 Å². The Morgan fingerprint density at radius 3 is 2.93 bits per heavy atom. The van der Waals surface area contributed by atoms with E-state index < -0.39 is 0 Å². The molecule has 0 amide bonds. The van der Waals surface area contributed by atoms with Crippen LogP contribution in [0.2, 0.25) is 0 Å². The first-order valence-electron chi connectivity index (χ1n) is 4.87. The molecule has 0 bridgehead atoms. The fraction of sp³-hybridized carbons (Fsp3) is 0.545. The minimum absolute atomic E-state index is 0.330. The first-order chi connectivity index (χ1) is 6.61. The molecule has 78 valence electrons. The number of rotatable bonds is 5.